The van der Waals surface area contributed by atoms with Crippen LogP contribution in [0.1, 0.15) is 16.2 Å². The number of hydrogen-bond acceptors (Lipinski definition) is 5. The number of ether oxygens (including phenoxy) is 1. The largest absolute Gasteiger partial charge is 0.497 e. The van der Waals surface area contributed by atoms with Crippen LogP contribution >= 0.6 is 0 Å². The van der Waals surface area contributed by atoms with Gasteiger partial charge in [0.05, 0.1) is 13.7 Å². The fourth-order valence-corrected chi connectivity index (χ4v) is 2.03. The fourth-order valence-electron chi connectivity index (χ4n) is 2.03. The molecule has 0 bridgehead atoms. The number of carbonyl (C=O) groups is 1. The summed E-state index contributed by atoms with van der Waals surface area (Å²) in [7, 11) is 1.61. The summed E-state index contributed by atoms with van der Waals surface area (Å²) in [6, 6.07) is 16.3. The van der Waals surface area contributed by atoms with E-state index in [1.165, 1.54) is 0 Å². The fraction of sp³-hybridized carbons (Fsp3) is 0.118. The van der Waals surface area contributed by atoms with E-state index in [0.717, 1.165) is 11.3 Å². The standard InChI is InChI=1S/C17H15N3O3/c1-22-14-9-7-13(8-10-14)17-19-15(20-23-17)11-18-16(21)12-5-3-2-4-6-12/h2-10H,11H2,1H3,(H,18,21). The summed E-state index contributed by atoms with van der Waals surface area (Å²) in [5.74, 6) is 1.39. The van der Waals surface area contributed by atoms with Crippen LogP contribution < -0.4 is 10.1 Å². The lowest BCUT2D eigenvalue weighted by Crippen LogP contribution is -2.23. The third-order valence-electron chi connectivity index (χ3n) is 3.25. The second-order valence-corrected chi connectivity index (χ2v) is 4.79. The highest BCUT2D eigenvalue weighted by molar-refractivity contribution is 5.93. The number of aromatic nitrogens is 2. The van der Waals surface area contributed by atoms with E-state index in [1.54, 1.807) is 19.2 Å². The van der Waals surface area contributed by atoms with E-state index in [1.807, 2.05) is 42.5 Å². The molecule has 0 aliphatic carbocycles. The van der Waals surface area contributed by atoms with Gasteiger partial charge in [-0.05, 0) is 36.4 Å². The third-order valence-corrected chi connectivity index (χ3v) is 3.25. The molecule has 0 fully saturated rings. The molecule has 0 aliphatic heterocycles. The minimum absolute atomic E-state index is 0.179. The Hall–Kier alpha value is -3.15. The van der Waals surface area contributed by atoms with Gasteiger partial charge in [0.1, 0.15) is 5.75 Å². The molecule has 0 saturated heterocycles. The van der Waals surface area contributed by atoms with Crippen molar-refractivity contribution in [2.24, 2.45) is 0 Å². The lowest BCUT2D eigenvalue weighted by Gasteiger charge is -2.01. The van der Waals surface area contributed by atoms with Crippen LogP contribution in [0.4, 0.5) is 0 Å². The maximum atomic E-state index is 12.0. The van der Waals surface area contributed by atoms with Crippen LogP contribution in [0.3, 0.4) is 0 Å². The summed E-state index contributed by atoms with van der Waals surface area (Å²) in [5.41, 5.74) is 1.38. The van der Waals surface area contributed by atoms with Gasteiger partial charge in [0, 0.05) is 11.1 Å². The highest BCUT2D eigenvalue weighted by Crippen LogP contribution is 2.20. The predicted molar refractivity (Wildman–Crippen MR) is 83.9 cm³/mol. The van der Waals surface area contributed by atoms with E-state index in [2.05, 4.69) is 15.5 Å². The normalized spacial score (nSPS) is 10.3. The average molecular weight is 309 g/mol. The molecule has 1 amide bonds. The van der Waals surface area contributed by atoms with Gasteiger partial charge in [-0.1, -0.05) is 23.4 Å². The molecule has 3 rings (SSSR count). The van der Waals surface area contributed by atoms with Crippen molar-refractivity contribution < 1.29 is 14.1 Å². The molecule has 0 radical (unpaired) electrons. The topological polar surface area (TPSA) is 77.2 Å². The first-order valence-electron chi connectivity index (χ1n) is 7.06. The number of benzene rings is 2. The van der Waals surface area contributed by atoms with E-state index >= 15 is 0 Å². The molecule has 1 N–H and O–H groups in total. The zero-order valence-corrected chi connectivity index (χ0v) is 12.5. The number of amides is 1. The number of nitrogens with one attached hydrogen (secondary N) is 1. The number of methoxy groups -OCH3 is 1. The van der Waals surface area contributed by atoms with Gasteiger partial charge in [-0.3, -0.25) is 4.79 Å². The summed E-state index contributed by atoms with van der Waals surface area (Å²) in [6.45, 7) is 0.202. The molecule has 1 heterocycles. The Kier molecular flexibility index (Phi) is 4.33. The van der Waals surface area contributed by atoms with E-state index in [9.17, 15) is 4.79 Å². The third kappa shape index (κ3) is 3.55. The molecule has 23 heavy (non-hydrogen) atoms. The average Bonchev–Trinajstić information content (AvgIpc) is 3.09. The maximum absolute atomic E-state index is 12.0. The Balaban J connectivity index is 1.64. The summed E-state index contributed by atoms with van der Waals surface area (Å²) >= 11 is 0. The van der Waals surface area contributed by atoms with Gasteiger partial charge in [-0.2, -0.15) is 4.98 Å². The van der Waals surface area contributed by atoms with Crippen molar-refractivity contribution in [1.82, 2.24) is 15.5 Å². The molecular weight excluding hydrogens is 294 g/mol. The molecule has 0 spiro atoms. The van der Waals surface area contributed by atoms with E-state index in [-0.39, 0.29) is 12.5 Å². The second kappa shape index (κ2) is 6.74. The number of carbonyl (C=O) groups excluding carboxylic acids is 1. The highest BCUT2D eigenvalue weighted by Gasteiger charge is 2.10. The Morgan fingerprint density at radius 1 is 1.13 bits per heavy atom. The first kappa shape index (κ1) is 14.8. The molecule has 3 aromatic rings. The van der Waals surface area contributed by atoms with Gasteiger partial charge in [-0.25, -0.2) is 0 Å². The Morgan fingerprint density at radius 3 is 2.57 bits per heavy atom. The molecule has 0 aliphatic rings. The Morgan fingerprint density at radius 2 is 1.87 bits per heavy atom. The summed E-state index contributed by atoms with van der Waals surface area (Å²) in [5, 5.41) is 6.62. The molecule has 0 unspecified atom stereocenters. The van der Waals surface area contributed by atoms with Gasteiger partial charge in [0.15, 0.2) is 5.82 Å². The Labute approximate surface area is 133 Å². The van der Waals surface area contributed by atoms with E-state index in [4.69, 9.17) is 9.26 Å². The highest BCUT2D eigenvalue weighted by atomic mass is 16.5. The first-order chi connectivity index (χ1) is 11.3. The van der Waals surface area contributed by atoms with Crippen LogP contribution in [-0.4, -0.2) is 23.2 Å². The molecule has 6 heteroatoms. The zero-order valence-electron chi connectivity index (χ0n) is 12.5. The summed E-state index contributed by atoms with van der Waals surface area (Å²) in [6.07, 6.45) is 0. The predicted octanol–water partition coefficient (Wildman–Crippen LogP) is 2.68. The zero-order chi connectivity index (χ0) is 16.1. The van der Waals surface area contributed by atoms with Crippen LogP contribution in [-0.2, 0) is 6.54 Å². The minimum atomic E-state index is -0.179. The number of hydrogen-bond donors (Lipinski definition) is 1. The molecule has 0 atom stereocenters. The van der Waals surface area contributed by atoms with Gasteiger partial charge in [0.2, 0.25) is 0 Å². The van der Waals surface area contributed by atoms with Crippen molar-refractivity contribution in [3.05, 3.63) is 66.0 Å². The lowest BCUT2D eigenvalue weighted by atomic mass is 10.2. The van der Waals surface area contributed by atoms with Crippen LogP contribution in [0.5, 0.6) is 5.75 Å². The monoisotopic (exact) mass is 309 g/mol. The van der Waals surface area contributed by atoms with Crippen LogP contribution in [0.25, 0.3) is 11.5 Å². The van der Waals surface area contributed by atoms with Gasteiger partial charge < -0.3 is 14.6 Å². The van der Waals surface area contributed by atoms with E-state index in [0.29, 0.717) is 17.3 Å². The van der Waals surface area contributed by atoms with Crippen LogP contribution in [0.15, 0.2) is 59.1 Å². The SMILES string of the molecule is COc1ccc(-c2nc(CNC(=O)c3ccccc3)no2)cc1. The van der Waals surface area contributed by atoms with Crippen LogP contribution in [0.2, 0.25) is 0 Å². The summed E-state index contributed by atoms with van der Waals surface area (Å²) in [4.78, 5) is 16.2. The van der Waals surface area contributed by atoms with Crippen molar-refractivity contribution in [3.63, 3.8) is 0 Å². The number of rotatable bonds is 5. The molecule has 1 aromatic heterocycles. The van der Waals surface area contributed by atoms with Crippen molar-refractivity contribution in [1.29, 1.82) is 0 Å². The van der Waals surface area contributed by atoms with E-state index < -0.39 is 0 Å². The van der Waals surface area contributed by atoms with Gasteiger partial charge >= 0.3 is 0 Å². The van der Waals surface area contributed by atoms with Gasteiger partial charge in [0.25, 0.3) is 11.8 Å². The second-order valence-electron chi connectivity index (χ2n) is 4.79. The minimum Gasteiger partial charge on any atom is -0.497 e. The molecular formula is C17H15N3O3. The van der Waals surface area contributed by atoms with Crippen molar-refractivity contribution in [2.75, 3.05) is 7.11 Å². The van der Waals surface area contributed by atoms with Crippen molar-refractivity contribution >= 4 is 5.91 Å². The first-order valence-corrected chi connectivity index (χ1v) is 7.06. The van der Waals surface area contributed by atoms with Gasteiger partial charge in [-0.15, -0.1) is 0 Å². The molecule has 116 valence electrons. The molecule has 2 aromatic carbocycles. The molecule has 0 saturated carbocycles. The molecule has 6 nitrogen and oxygen atoms in total. The van der Waals surface area contributed by atoms with Crippen molar-refractivity contribution in [2.45, 2.75) is 6.54 Å². The quantitative estimate of drug-likeness (QED) is 0.784. The number of nitrogens with zero attached hydrogens (tertiary/aromatic N) is 2. The maximum Gasteiger partial charge on any atom is 0.257 e. The smallest absolute Gasteiger partial charge is 0.257 e. The van der Waals surface area contributed by atoms with Crippen LogP contribution in [0, 0.1) is 0 Å². The summed E-state index contributed by atoms with van der Waals surface area (Å²) < 4.78 is 10.3. The lowest BCUT2D eigenvalue weighted by molar-refractivity contribution is 0.0949. The Bertz CT molecular complexity index is 782. The van der Waals surface area contributed by atoms with Crippen molar-refractivity contribution in [3.8, 4) is 17.2 Å².